The van der Waals surface area contributed by atoms with Crippen molar-refractivity contribution in [2.45, 2.75) is 66.5 Å². The highest BCUT2D eigenvalue weighted by Crippen LogP contribution is 2.27. The molecule has 21 heavy (non-hydrogen) atoms. The number of aromatic nitrogens is 1. The van der Waals surface area contributed by atoms with E-state index in [1.165, 1.54) is 0 Å². The van der Waals surface area contributed by atoms with Crippen molar-refractivity contribution >= 4 is 11.7 Å². The lowest BCUT2D eigenvalue weighted by molar-refractivity contribution is 0.0891. The first-order valence-electron chi connectivity index (χ1n) is 7.54. The minimum atomic E-state index is -0.246. The second-order valence-corrected chi connectivity index (χ2v) is 7.81. The molecule has 0 spiro atoms. The van der Waals surface area contributed by atoms with Gasteiger partial charge < -0.3 is 10.6 Å². The summed E-state index contributed by atoms with van der Waals surface area (Å²) in [5, 5.41) is 6.30. The number of carbonyl (C=O) groups is 1. The van der Waals surface area contributed by atoms with E-state index in [1.807, 2.05) is 6.07 Å². The van der Waals surface area contributed by atoms with Gasteiger partial charge in [-0.1, -0.05) is 20.8 Å². The summed E-state index contributed by atoms with van der Waals surface area (Å²) in [7, 11) is 0. The van der Waals surface area contributed by atoms with Crippen LogP contribution in [0.25, 0.3) is 0 Å². The quantitative estimate of drug-likeness (QED) is 0.866. The molecule has 0 aliphatic heterocycles. The molecule has 0 aliphatic carbocycles. The Balaban J connectivity index is 2.71. The van der Waals surface area contributed by atoms with Crippen LogP contribution in [0.2, 0.25) is 0 Å². The highest BCUT2D eigenvalue weighted by Gasteiger charge is 2.27. The number of rotatable bonds is 5. The van der Waals surface area contributed by atoms with E-state index in [9.17, 15) is 4.79 Å². The molecule has 2 N–H and O–H groups in total. The van der Waals surface area contributed by atoms with Crippen LogP contribution in [0, 0.1) is 5.41 Å². The summed E-state index contributed by atoms with van der Waals surface area (Å²) in [4.78, 5) is 16.6. The Morgan fingerprint density at radius 2 is 1.81 bits per heavy atom. The Hall–Kier alpha value is -1.58. The lowest BCUT2D eigenvalue weighted by Crippen LogP contribution is -2.45. The van der Waals surface area contributed by atoms with Gasteiger partial charge in [-0.15, -0.1) is 0 Å². The average Bonchev–Trinajstić information content (AvgIpc) is 2.24. The van der Waals surface area contributed by atoms with Crippen molar-refractivity contribution in [3.8, 4) is 0 Å². The smallest absolute Gasteiger partial charge is 0.253 e. The molecular weight excluding hydrogens is 262 g/mol. The summed E-state index contributed by atoms with van der Waals surface area (Å²) in [6.45, 7) is 14.7. The van der Waals surface area contributed by atoms with E-state index in [0.29, 0.717) is 11.6 Å². The minimum absolute atomic E-state index is 0.0761. The largest absolute Gasteiger partial charge is 0.368 e. The third-order valence-electron chi connectivity index (χ3n) is 2.89. The van der Waals surface area contributed by atoms with Gasteiger partial charge >= 0.3 is 0 Å². The van der Waals surface area contributed by atoms with Crippen LogP contribution >= 0.6 is 0 Å². The summed E-state index contributed by atoms with van der Waals surface area (Å²) in [6, 6.07) is 3.97. The maximum Gasteiger partial charge on any atom is 0.253 e. The standard InChI is InChI=1S/C17H29N3O/c1-12(2)19-14-9-8-13(10-18-14)15(21)20-17(6,7)11-16(3,4)5/h8-10,12H,11H2,1-7H3,(H,18,19)(H,20,21). The van der Waals surface area contributed by atoms with E-state index in [-0.39, 0.29) is 16.9 Å². The molecule has 1 amide bonds. The lowest BCUT2D eigenvalue weighted by atomic mass is 9.81. The Morgan fingerprint density at radius 3 is 2.24 bits per heavy atom. The number of hydrogen-bond donors (Lipinski definition) is 2. The van der Waals surface area contributed by atoms with Gasteiger partial charge in [0.2, 0.25) is 0 Å². The summed E-state index contributed by atoms with van der Waals surface area (Å²) < 4.78 is 0. The fourth-order valence-electron chi connectivity index (χ4n) is 2.66. The molecule has 0 bridgehead atoms. The Bertz CT molecular complexity index is 470. The van der Waals surface area contributed by atoms with Crippen LogP contribution in [0.4, 0.5) is 5.82 Å². The molecule has 0 aromatic carbocycles. The highest BCUT2D eigenvalue weighted by molar-refractivity contribution is 5.94. The highest BCUT2D eigenvalue weighted by atomic mass is 16.1. The fourth-order valence-corrected chi connectivity index (χ4v) is 2.66. The summed E-state index contributed by atoms with van der Waals surface area (Å²) in [5.74, 6) is 0.711. The number of hydrogen-bond acceptors (Lipinski definition) is 3. The van der Waals surface area contributed by atoms with Crippen LogP contribution in [0.15, 0.2) is 18.3 Å². The van der Waals surface area contributed by atoms with Gasteiger partial charge in [-0.3, -0.25) is 4.79 Å². The number of carbonyl (C=O) groups excluding carboxylic acids is 1. The molecule has 1 aromatic heterocycles. The maximum absolute atomic E-state index is 12.3. The SMILES string of the molecule is CC(C)Nc1ccc(C(=O)NC(C)(C)CC(C)(C)C)cn1. The number of nitrogens with zero attached hydrogens (tertiary/aromatic N) is 1. The van der Waals surface area contributed by atoms with E-state index in [2.05, 4.69) is 64.1 Å². The number of pyridine rings is 1. The zero-order valence-electron chi connectivity index (χ0n) is 14.4. The van der Waals surface area contributed by atoms with E-state index < -0.39 is 0 Å². The number of amides is 1. The molecule has 0 atom stereocenters. The molecule has 1 aromatic rings. The zero-order chi connectivity index (χ0) is 16.3. The van der Waals surface area contributed by atoms with Crippen molar-refractivity contribution in [2.75, 3.05) is 5.32 Å². The van der Waals surface area contributed by atoms with Crippen LogP contribution in [0.1, 0.15) is 65.2 Å². The lowest BCUT2D eigenvalue weighted by Gasteiger charge is -2.33. The normalized spacial score (nSPS) is 12.4. The predicted octanol–water partition coefficient (Wildman–Crippen LogP) is 3.85. The molecule has 118 valence electrons. The van der Waals surface area contributed by atoms with Gasteiger partial charge in [-0.05, 0) is 51.7 Å². The molecule has 4 nitrogen and oxygen atoms in total. The van der Waals surface area contributed by atoms with Crippen molar-refractivity contribution in [3.05, 3.63) is 23.9 Å². The van der Waals surface area contributed by atoms with E-state index in [1.54, 1.807) is 12.3 Å². The van der Waals surface area contributed by atoms with Gasteiger partial charge in [0.05, 0.1) is 5.56 Å². The fraction of sp³-hybridized carbons (Fsp3) is 0.647. The first-order chi connectivity index (χ1) is 9.48. The molecule has 1 rings (SSSR count). The number of nitrogens with one attached hydrogen (secondary N) is 2. The minimum Gasteiger partial charge on any atom is -0.368 e. The van der Waals surface area contributed by atoms with Crippen LogP contribution in [0.3, 0.4) is 0 Å². The molecule has 0 saturated heterocycles. The summed E-state index contributed by atoms with van der Waals surface area (Å²) in [6.07, 6.45) is 2.53. The first-order valence-corrected chi connectivity index (χ1v) is 7.54. The average molecular weight is 291 g/mol. The second-order valence-electron chi connectivity index (χ2n) is 7.81. The molecule has 0 unspecified atom stereocenters. The molecule has 0 saturated carbocycles. The van der Waals surface area contributed by atoms with Crippen LogP contribution in [-0.4, -0.2) is 22.5 Å². The van der Waals surface area contributed by atoms with Crippen LogP contribution < -0.4 is 10.6 Å². The molecule has 0 aliphatic rings. The Labute approximate surface area is 128 Å². The van der Waals surface area contributed by atoms with Crippen molar-refractivity contribution in [3.63, 3.8) is 0 Å². The first kappa shape index (κ1) is 17.5. The molecule has 0 fully saturated rings. The topological polar surface area (TPSA) is 54.0 Å². The molecule has 0 radical (unpaired) electrons. The molecule has 1 heterocycles. The van der Waals surface area contributed by atoms with E-state index in [0.717, 1.165) is 12.2 Å². The Kier molecular flexibility index (Phi) is 5.37. The van der Waals surface area contributed by atoms with Crippen LogP contribution in [-0.2, 0) is 0 Å². The molecular formula is C17H29N3O. The van der Waals surface area contributed by atoms with Gasteiger partial charge in [0.15, 0.2) is 0 Å². The third-order valence-corrected chi connectivity index (χ3v) is 2.89. The van der Waals surface area contributed by atoms with Crippen molar-refractivity contribution in [2.24, 2.45) is 5.41 Å². The van der Waals surface area contributed by atoms with Crippen molar-refractivity contribution in [1.29, 1.82) is 0 Å². The zero-order valence-corrected chi connectivity index (χ0v) is 14.4. The van der Waals surface area contributed by atoms with Crippen molar-refractivity contribution in [1.82, 2.24) is 10.3 Å². The van der Waals surface area contributed by atoms with E-state index >= 15 is 0 Å². The predicted molar refractivity (Wildman–Crippen MR) is 88.6 cm³/mol. The number of anilines is 1. The second kappa shape index (κ2) is 6.46. The van der Waals surface area contributed by atoms with E-state index in [4.69, 9.17) is 0 Å². The maximum atomic E-state index is 12.3. The van der Waals surface area contributed by atoms with Gasteiger partial charge in [-0.25, -0.2) is 4.98 Å². The molecule has 4 heteroatoms. The van der Waals surface area contributed by atoms with Crippen molar-refractivity contribution < 1.29 is 4.79 Å². The van der Waals surface area contributed by atoms with Gasteiger partial charge in [0.25, 0.3) is 5.91 Å². The third kappa shape index (κ3) is 6.61. The monoisotopic (exact) mass is 291 g/mol. The van der Waals surface area contributed by atoms with Gasteiger partial charge in [-0.2, -0.15) is 0 Å². The Morgan fingerprint density at radius 1 is 1.19 bits per heavy atom. The summed E-state index contributed by atoms with van der Waals surface area (Å²) in [5.41, 5.74) is 0.510. The summed E-state index contributed by atoms with van der Waals surface area (Å²) >= 11 is 0. The van der Waals surface area contributed by atoms with Crippen LogP contribution in [0.5, 0.6) is 0 Å². The van der Waals surface area contributed by atoms with Gasteiger partial charge in [0.1, 0.15) is 5.82 Å². The van der Waals surface area contributed by atoms with Gasteiger partial charge in [0, 0.05) is 17.8 Å².